The van der Waals surface area contributed by atoms with E-state index < -0.39 is 6.10 Å². The van der Waals surface area contributed by atoms with E-state index in [-0.39, 0.29) is 19.1 Å². The fraction of sp³-hybridized carbons (Fsp3) is 0.909. The van der Waals surface area contributed by atoms with E-state index in [1.54, 1.807) is 0 Å². The van der Waals surface area contributed by atoms with Crippen LogP contribution < -0.4 is 5.32 Å². The third kappa shape index (κ3) is 8.39. The molecule has 4 heteroatoms. The number of carbonyl (C=O) groups is 1. The van der Waals surface area contributed by atoms with Crippen molar-refractivity contribution in [2.24, 2.45) is 0 Å². The molecule has 0 spiro atoms. The summed E-state index contributed by atoms with van der Waals surface area (Å²) >= 11 is 0. The van der Waals surface area contributed by atoms with Crippen LogP contribution >= 0.6 is 0 Å². The maximum Gasteiger partial charge on any atom is 0.248 e. The average molecular weight is 217 g/mol. The molecular weight excluding hydrogens is 194 g/mol. The highest BCUT2D eigenvalue weighted by molar-refractivity contribution is 5.80. The first-order chi connectivity index (χ1) is 7.22. The predicted molar refractivity (Wildman–Crippen MR) is 59.5 cm³/mol. The molecule has 0 unspecified atom stereocenters. The number of hydrogen-bond donors (Lipinski definition) is 3. The lowest BCUT2D eigenvalue weighted by molar-refractivity contribution is -0.129. The zero-order valence-corrected chi connectivity index (χ0v) is 9.54. The van der Waals surface area contributed by atoms with Crippen molar-refractivity contribution in [1.29, 1.82) is 0 Å². The third-order valence-corrected chi connectivity index (χ3v) is 2.29. The van der Waals surface area contributed by atoms with Crippen LogP contribution in [0.2, 0.25) is 0 Å². The van der Waals surface area contributed by atoms with E-state index in [1.165, 1.54) is 19.3 Å². The van der Waals surface area contributed by atoms with Gasteiger partial charge in [0, 0.05) is 6.54 Å². The summed E-state index contributed by atoms with van der Waals surface area (Å²) < 4.78 is 0. The average Bonchev–Trinajstić information content (AvgIpc) is 2.25. The van der Waals surface area contributed by atoms with Gasteiger partial charge in [0.05, 0.1) is 6.61 Å². The van der Waals surface area contributed by atoms with Crippen LogP contribution in [0, 0.1) is 0 Å². The fourth-order valence-electron chi connectivity index (χ4n) is 1.37. The Morgan fingerprint density at radius 1 is 1.27 bits per heavy atom. The Morgan fingerprint density at radius 2 is 1.93 bits per heavy atom. The van der Waals surface area contributed by atoms with Gasteiger partial charge in [-0.15, -0.1) is 0 Å². The van der Waals surface area contributed by atoms with Crippen LogP contribution in [0.3, 0.4) is 0 Å². The van der Waals surface area contributed by atoms with Crippen molar-refractivity contribution in [2.45, 2.75) is 51.6 Å². The predicted octanol–water partition coefficient (Wildman–Crippen LogP) is 0.816. The SMILES string of the molecule is CCCCCCC[C@@H](O)C(=O)NCCO. The second-order valence-electron chi connectivity index (χ2n) is 3.73. The summed E-state index contributed by atoms with van der Waals surface area (Å²) in [5.41, 5.74) is 0. The van der Waals surface area contributed by atoms with E-state index in [0.29, 0.717) is 6.42 Å². The van der Waals surface area contributed by atoms with Gasteiger partial charge in [-0.05, 0) is 6.42 Å². The van der Waals surface area contributed by atoms with Gasteiger partial charge in [0.15, 0.2) is 0 Å². The molecule has 0 aromatic carbocycles. The number of aliphatic hydroxyl groups is 2. The Hall–Kier alpha value is -0.610. The zero-order valence-electron chi connectivity index (χ0n) is 9.54. The van der Waals surface area contributed by atoms with Gasteiger partial charge in [-0.25, -0.2) is 0 Å². The molecule has 0 heterocycles. The molecule has 3 N–H and O–H groups in total. The van der Waals surface area contributed by atoms with Crippen LogP contribution in [-0.2, 0) is 4.79 Å². The Balaban J connectivity index is 3.38. The van der Waals surface area contributed by atoms with Crippen molar-refractivity contribution < 1.29 is 15.0 Å². The van der Waals surface area contributed by atoms with Crippen LogP contribution in [0.4, 0.5) is 0 Å². The highest BCUT2D eigenvalue weighted by Gasteiger charge is 2.12. The van der Waals surface area contributed by atoms with Gasteiger partial charge in [-0.2, -0.15) is 0 Å². The van der Waals surface area contributed by atoms with Crippen LogP contribution in [0.1, 0.15) is 45.4 Å². The lowest BCUT2D eigenvalue weighted by Gasteiger charge is -2.10. The molecule has 0 aliphatic carbocycles. The first kappa shape index (κ1) is 14.4. The van der Waals surface area contributed by atoms with Gasteiger partial charge in [0.1, 0.15) is 6.10 Å². The van der Waals surface area contributed by atoms with Gasteiger partial charge in [-0.1, -0.05) is 39.0 Å². The Morgan fingerprint density at radius 3 is 2.53 bits per heavy atom. The van der Waals surface area contributed by atoms with E-state index in [9.17, 15) is 9.90 Å². The fourth-order valence-corrected chi connectivity index (χ4v) is 1.37. The lowest BCUT2D eigenvalue weighted by atomic mass is 10.1. The van der Waals surface area contributed by atoms with Crippen molar-refractivity contribution in [3.8, 4) is 0 Å². The van der Waals surface area contributed by atoms with Crippen molar-refractivity contribution in [3.63, 3.8) is 0 Å². The normalized spacial score (nSPS) is 12.5. The maximum absolute atomic E-state index is 11.1. The lowest BCUT2D eigenvalue weighted by Crippen LogP contribution is -2.36. The smallest absolute Gasteiger partial charge is 0.248 e. The molecule has 0 saturated carbocycles. The standard InChI is InChI=1S/C11H23NO3/c1-2-3-4-5-6-7-10(14)11(15)12-8-9-13/h10,13-14H,2-9H2,1H3,(H,12,15)/t10-/m1/s1. The molecule has 4 nitrogen and oxygen atoms in total. The molecule has 0 aliphatic heterocycles. The molecule has 15 heavy (non-hydrogen) atoms. The number of nitrogens with one attached hydrogen (secondary N) is 1. The third-order valence-electron chi connectivity index (χ3n) is 2.29. The van der Waals surface area contributed by atoms with Crippen LogP contribution in [-0.4, -0.2) is 35.4 Å². The summed E-state index contributed by atoms with van der Waals surface area (Å²) in [6.45, 7) is 2.28. The molecule has 0 aromatic rings. The monoisotopic (exact) mass is 217 g/mol. The second-order valence-corrected chi connectivity index (χ2v) is 3.73. The van der Waals surface area contributed by atoms with Crippen molar-refractivity contribution in [2.75, 3.05) is 13.2 Å². The summed E-state index contributed by atoms with van der Waals surface area (Å²) in [6, 6.07) is 0. The van der Waals surface area contributed by atoms with Crippen LogP contribution in [0.25, 0.3) is 0 Å². The summed E-state index contributed by atoms with van der Waals surface area (Å²) in [6.07, 6.45) is 5.12. The number of carbonyl (C=O) groups excluding carboxylic acids is 1. The molecule has 1 amide bonds. The highest BCUT2D eigenvalue weighted by atomic mass is 16.3. The van der Waals surface area contributed by atoms with E-state index in [2.05, 4.69) is 12.2 Å². The van der Waals surface area contributed by atoms with E-state index >= 15 is 0 Å². The Labute approximate surface area is 91.7 Å². The largest absolute Gasteiger partial charge is 0.395 e. The van der Waals surface area contributed by atoms with Crippen molar-refractivity contribution >= 4 is 5.91 Å². The first-order valence-corrected chi connectivity index (χ1v) is 5.79. The van der Waals surface area contributed by atoms with E-state index in [0.717, 1.165) is 12.8 Å². The van der Waals surface area contributed by atoms with Gasteiger partial charge >= 0.3 is 0 Å². The summed E-state index contributed by atoms with van der Waals surface area (Å²) in [5.74, 6) is -0.375. The Bertz CT molecular complexity index is 162. The molecule has 1 atom stereocenters. The summed E-state index contributed by atoms with van der Waals surface area (Å²) in [7, 11) is 0. The number of hydrogen-bond acceptors (Lipinski definition) is 3. The second kappa shape index (κ2) is 9.93. The molecule has 0 fully saturated rings. The molecule has 0 rings (SSSR count). The molecule has 0 aliphatic rings. The van der Waals surface area contributed by atoms with E-state index in [1.807, 2.05) is 0 Å². The molecule has 0 saturated heterocycles. The van der Waals surface area contributed by atoms with Crippen molar-refractivity contribution in [3.05, 3.63) is 0 Å². The number of rotatable bonds is 9. The molecular formula is C11H23NO3. The molecule has 0 aromatic heterocycles. The zero-order chi connectivity index (χ0) is 11.5. The molecule has 0 bridgehead atoms. The van der Waals surface area contributed by atoms with Crippen LogP contribution in [0.15, 0.2) is 0 Å². The van der Waals surface area contributed by atoms with Crippen molar-refractivity contribution in [1.82, 2.24) is 5.32 Å². The minimum absolute atomic E-state index is 0.0883. The Kier molecular flexibility index (Phi) is 9.52. The number of aliphatic hydroxyl groups excluding tert-OH is 2. The highest BCUT2D eigenvalue weighted by Crippen LogP contribution is 2.07. The molecule has 0 radical (unpaired) electrons. The summed E-state index contributed by atoms with van der Waals surface area (Å²) in [4.78, 5) is 11.1. The van der Waals surface area contributed by atoms with Gasteiger partial charge < -0.3 is 15.5 Å². The molecule has 90 valence electrons. The number of unbranched alkanes of at least 4 members (excludes halogenated alkanes) is 4. The minimum atomic E-state index is -0.918. The number of amides is 1. The first-order valence-electron chi connectivity index (χ1n) is 5.79. The topological polar surface area (TPSA) is 69.6 Å². The van der Waals surface area contributed by atoms with Gasteiger partial charge in [0.2, 0.25) is 5.91 Å². The van der Waals surface area contributed by atoms with Gasteiger partial charge in [-0.3, -0.25) is 4.79 Å². The summed E-state index contributed by atoms with van der Waals surface area (Å²) in [5, 5.41) is 20.3. The van der Waals surface area contributed by atoms with Crippen LogP contribution in [0.5, 0.6) is 0 Å². The quantitative estimate of drug-likeness (QED) is 0.501. The van der Waals surface area contributed by atoms with Gasteiger partial charge in [0.25, 0.3) is 0 Å². The van der Waals surface area contributed by atoms with E-state index in [4.69, 9.17) is 5.11 Å². The maximum atomic E-state index is 11.1. The minimum Gasteiger partial charge on any atom is -0.395 e.